The molecule has 1 fully saturated rings. The van der Waals surface area contributed by atoms with E-state index in [2.05, 4.69) is 0 Å². The zero-order chi connectivity index (χ0) is 13.0. The van der Waals surface area contributed by atoms with Crippen LogP contribution in [0.5, 0.6) is 0 Å². The Bertz CT molecular complexity index is 428. The van der Waals surface area contributed by atoms with Crippen LogP contribution in [-0.2, 0) is 16.0 Å². The van der Waals surface area contributed by atoms with E-state index in [1.807, 2.05) is 0 Å². The first-order chi connectivity index (χ1) is 8.65. The summed E-state index contributed by atoms with van der Waals surface area (Å²) in [6.45, 7) is 0.735. The molecule has 1 aromatic rings. The number of ketones is 1. The van der Waals surface area contributed by atoms with E-state index >= 15 is 0 Å². The fraction of sp³-hybridized carbons (Fsp3) is 0.500. The normalized spacial score (nSPS) is 19.8. The Kier molecular flexibility index (Phi) is 4.72. The van der Waals surface area contributed by atoms with E-state index in [4.69, 9.17) is 16.3 Å². The van der Waals surface area contributed by atoms with Crippen molar-refractivity contribution in [3.05, 3.63) is 34.6 Å². The van der Waals surface area contributed by atoms with Crippen LogP contribution in [0.2, 0.25) is 5.02 Å². The highest BCUT2D eigenvalue weighted by molar-refractivity contribution is 6.31. The molecule has 1 aliphatic rings. The predicted molar refractivity (Wildman–Crippen MR) is 68.3 cm³/mol. The highest BCUT2D eigenvalue weighted by Gasteiger charge is 2.18. The molecule has 0 aromatic heterocycles. The van der Waals surface area contributed by atoms with E-state index in [0.29, 0.717) is 17.0 Å². The third-order valence-electron chi connectivity index (χ3n) is 3.12. The van der Waals surface area contributed by atoms with Crippen molar-refractivity contribution < 1.29 is 13.9 Å². The second kappa shape index (κ2) is 6.30. The summed E-state index contributed by atoms with van der Waals surface area (Å²) < 4.78 is 18.6. The molecule has 1 unspecified atom stereocenters. The third-order valence-corrected chi connectivity index (χ3v) is 3.49. The molecule has 1 heterocycles. The van der Waals surface area contributed by atoms with Gasteiger partial charge in [0, 0.05) is 24.5 Å². The fourth-order valence-corrected chi connectivity index (χ4v) is 2.37. The van der Waals surface area contributed by atoms with E-state index in [-0.39, 0.29) is 24.1 Å². The summed E-state index contributed by atoms with van der Waals surface area (Å²) in [5.74, 6) is -0.314. The van der Waals surface area contributed by atoms with E-state index in [0.717, 1.165) is 25.9 Å². The van der Waals surface area contributed by atoms with Gasteiger partial charge in [-0.1, -0.05) is 11.6 Å². The lowest BCUT2D eigenvalue weighted by molar-refractivity contribution is -0.122. The van der Waals surface area contributed by atoms with Crippen LogP contribution in [-0.4, -0.2) is 18.5 Å². The number of benzene rings is 1. The first kappa shape index (κ1) is 13.5. The number of carbonyl (C=O) groups excluding carboxylic acids is 1. The molecule has 98 valence electrons. The van der Waals surface area contributed by atoms with Gasteiger partial charge in [-0.25, -0.2) is 4.39 Å². The largest absolute Gasteiger partial charge is 0.378 e. The lowest BCUT2D eigenvalue weighted by Gasteiger charge is -2.21. The average molecular weight is 271 g/mol. The SMILES string of the molecule is O=C(Cc1cc(F)ccc1Cl)CC1CCCCO1. The molecule has 0 N–H and O–H groups in total. The highest BCUT2D eigenvalue weighted by Crippen LogP contribution is 2.20. The minimum Gasteiger partial charge on any atom is -0.378 e. The molecule has 1 aromatic carbocycles. The maximum atomic E-state index is 13.1. The summed E-state index contributed by atoms with van der Waals surface area (Å²) in [7, 11) is 0. The molecular weight excluding hydrogens is 255 g/mol. The number of Topliss-reactive ketones (excluding diaryl/α,β-unsaturated/α-hetero) is 1. The van der Waals surface area contributed by atoms with Crippen LogP contribution in [0.3, 0.4) is 0 Å². The van der Waals surface area contributed by atoms with Crippen molar-refractivity contribution in [1.29, 1.82) is 0 Å². The second-order valence-electron chi connectivity index (χ2n) is 4.64. The summed E-state index contributed by atoms with van der Waals surface area (Å²) in [6, 6.07) is 4.10. The van der Waals surface area contributed by atoms with Crippen LogP contribution in [0.4, 0.5) is 4.39 Å². The fourth-order valence-electron chi connectivity index (χ4n) is 2.19. The van der Waals surface area contributed by atoms with Crippen molar-refractivity contribution in [2.45, 2.75) is 38.2 Å². The molecule has 0 aliphatic carbocycles. The summed E-state index contributed by atoms with van der Waals surface area (Å²) in [4.78, 5) is 11.9. The Morgan fingerprint density at radius 1 is 1.44 bits per heavy atom. The summed E-state index contributed by atoms with van der Waals surface area (Å²) >= 11 is 5.93. The number of hydrogen-bond acceptors (Lipinski definition) is 2. The van der Waals surface area contributed by atoms with Crippen molar-refractivity contribution in [3.63, 3.8) is 0 Å². The molecule has 2 rings (SSSR count). The average Bonchev–Trinajstić information content (AvgIpc) is 2.35. The van der Waals surface area contributed by atoms with Gasteiger partial charge < -0.3 is 4.74 Å². The second-order valence-corrected chi connectivity index (χ2v) is 5.05. The maximum Gasteiger partial charge on any atom is 0.139 e. The topological polar surface area (TPSA) is 26.3 Å². The molecule has 0 saturated carbocycles. The maximum absolute atomic E-state index is 13.1. The lowest BCUT2D eigenvalue weighted by Crippen LogP contribution is -2.23. The lowest BCUT2D eigenvalue weighted by atomic mass is 10.00. The first-order valence-electron chi connectivity index (χ1n) is 6.22. The molecule has 0 spiro atoms. The van der Waals surface area contributed by atoms with Gasteiger partial charge in [0.1, 0.15) is 11.6 Å². The molecule has 1 atom stereocenters. The Morgan fingerprint density at radius 2 is 2.28 bits per heavy atom. The standard InChI is InChI=1S/C14H16ClFO2/c15-14-5-4-11(16)7-10(14)8-12(17)9-13-3-1-2-6-18-13/h4-5,7,13H,1-3,6,8-9H2. The Labute approximate surface area is 111 Å². The van der Waals surface area contributed by atoms with Gasteiger partial charge in [-0.15, -0.1) is 0 Å². The molecule has 2 nitrogen and oxygen atoms in total. The van der Waals surface area contributed by atoms with Gasteiger partial charge in [-0.2, -0.15) is 0 Å². The van der Waals surface area contributed by atoms with Crippen LogP contribution in [0.15, 0.2) is 18.2 Å². The van der Waals surface area contributed by atoms with Crippen molar-refractivity contribution in [2.75, 3.05) is 6.61 Å². The quantitative estimate of drug-likeness (QED) is 0.836. The first-order valence-corrected chi connectivity index (χ1v) is 6.60. The van der Waals surface area contributed by atoms with Gasteiger partial charge in [-0.3, -0.25) is 4.79 Å². The number of ether oxygens (including phenoxy) is 1. The summed E-state index contributed by atoms with van der Waals surface area (Å²) in [6.07, 6.45) is 3.71. The van der Waals surface area contributed by atoms with Crippen molar-refractivity contribution >= 4 is 17.4 Å². The van der Waals surface area contributed by atoms with Gasteiger partial charge in [0.05, 0.1) is 6.10 Å². The van der Waals surface area contributed by atoms with E-state index in [1.165, 1.54) is 18.2 Å². The van der Waals surface area contributed by atoms with E-state index in [1.54, 1.807) is 0 Å². The summed E-state index contributed by atoms with van der Waals surface area (Å²) in [5, 5.41) is 0.439. The van der Waals surface area contributed by atoms with Gasteiger partial charge in [0.15, 0.2) is 0 Å². The molecular formula is C14H16ClFO2. The van der Waals surface area contributed by atoms with Crippen LogP contribution >= 0.6 is 11.6 Å². The monoisotopic (exact) mass is 270 g/mol. The van der Waals surface area contributed by atoms with Gasteiger partial charge in [-0.05, 0) is 43.0 Å². The van der Waals surface area contributed by atoms with Crippen LogP contribution < -0.4 is 0 Å². The number of halogens is 2. The van der Waals surface area contributed by atoms with Crippen LogP contribution in [0, 0.1) is 5.82 Å². The predicted octanol–water partition coefficient (Wildman–Crippen LogP) is 3.55. The number of rotatable bonds is 4. The Morgan fingerprint density at radius 3 is 3.00 bits per heavy atom. The zero-order valence-electron chi connectivity index (χ0n) is 10.1. The molecule has 0 amide bonds. The molecule has 0 radical (unpaired) electrons. The van der Waals surface area contributed by atoms with Crippen LogP contribution in [0.25, 0.3) is 0 Å². The molecule has 18 heavy (non-hydrogen) atoms. The highest BCUT2D eigenvalue weighted by atomic mass is 35.5. The smallest absolute Gasteiger partial charge is 0.139 e. The number of hydrogen-bond donors (Lipinski definition) is 0. The van der Waals surface area contributed by atoms with Crippen molar-refractivity contribution in [2.24, 2.45) is 0 Å². The minimum absolute atomic E-state index is 0.0265. The van der Waals surface area contributed by atoms with Crippen molar-refractivity contribution in [1.82, 2.24) is 0 Å². The number of carbonyl (C=O) groups is 1. The van der Waals surface area contributed by atoms with Gasteiger partial charge in [0.2, 0.25) is 0 Å². The molecule has 1 aliphatic heterocycles. The molecule has 4 heteroatoms. The van der Waals surface area contributed by atoms with E-state index in [9.17, 15) is 9.18 Å². The molecule has 0 bridgehead atoms. The van der Waals surface area contributed by atoms with Crippen LogP contribution in [0.1, 0.15) is 31.2 Å². The van der Waals surface area contributed by atoms with Crippen molar-refractivity contribution in [3.8, 4) is 0 Å². The minimum atomic E-state index is -0.365. The Balaban J connectivity index is 1.92. The van der Waals surface area contributed by atoms with Gasteiger partial charge >= 0.3 is 0 Å². The molecule has 1 saturated heterocycles. The van der Waals surface area contributed by atoms with E-state index < -0.39 is 0 Å². The Hall–Kier alpha value is -0.930. The zero-order valence-corrected chi connectivity index (χ0v) is 10.9. The third kappa shape index (κ3) is 3.79. The summed E-state index contributed by atoms with van der Waals surface area (Å²) in [5.41, 5.74) is 0.553. The van der Waals surface area contributed by atoms with Gasteiger partial charge in [0.25, 0.3) is 0 Å².